The van der Waals surface area contributed by atoms with Crippen LogP contribution in [0.4, 0.5) is 0 Å². The number of aliphatic hydroxyl groups is 1. The van der Waals surface area contributed by atoms with Gasteiger partial charge in [-0.05, 0) is 19.4 Å². The monoisotopic (exact) mass is 152 g/mol. The van der Waals surface area contributed by atoms with Gasteiger partial charge in [-0.15, -0.1) is 0 Å². The van der Waals surface area contributed by atoms with Crippen molar-refractivity contribution >= 4 is 0 Å². The zero-order valence-electron chi connectivity index (χ0n) is 7.68. The second-order valence-electron chi connectivity index (χ2n) is 4.00. The third kappa shape index (κ3) is 1.14. The van der Waals surface area contributed by atoms with E-state index in [4.69, 9.17) is 0 Å². The van der Waals surface area contributed by atoms with Crippen molar-refractivity contribution in [3.8, 4) is 0 Å². The highest BCUT2D eigenvalue weighted by Crippen LogP contribution is 2.39. The number of rotatable bonds is 0. The van der Waals surface area contributed by atoms with Gasteiger partial charge in [0.25, 0.3) is 0 Å². The van der Waals surface area contributed by atoms with Crippen molar-refractivity contribution in [1.29, 1.82) is 0 Å². The Hall–Kier alpha value is -0.560. The number of hydrogen-bond acceptors (Lipinski definition) is 1. The minimum atomic E-state index is -0.693. The smallest absolute Gasteiger partial charge is 0.0914 e. The molecule has 0 saturated carbocycles. The molecule has 1 atom stereocenters. The fraction of sp³-hybridized carbons (Fsp3) is 0.600. The Labute approximate surface area is 68.4 Å². The first-order valence-corrected chi connectivity index (χ1v) is 3.97. The van der Waals surface area contributed by atoms with E-state index in [0.717, 1.165) is 5.57 Å². The van der Waals surface area contributed by atoms with Crippen LogP contribution in [-0.2, 0) is 0 Å². The summed E-state index contributed by atoms with van der Waals surface area (Å²) in [6.07, 6.45) is 6.01. The highest BCUT2D eigenvalue weighted by Gasteiger charge is 2.39. The van der Waals surface area contributed by atoms with Crippen LogP contribution in [0, 0.1) is 5.41 Å². The van der Waals surface area contributed by atoms with E-state index in [1.165, 1.54) is 0 Å². The second-order valence-corrected chi connectivity index (χ2v) is 4.00. The molecule has 0 heterocycles. The first kappa shape index (κ1) is 8.54. The van der Waals surface area contributed by atoms with E-state index in [9.17, 15) is 5.11 Å². The molecule has 0 aromatic carbocycles. The lowest BCUT2D eigenvalue weighted by Crippen LogP contribution is -2.42. The molecule has 1 nitrogen and oxygen atoms in total. The van der Waals surface area contributed by atoms with Gasteiger partial charge in [-0.1, -0.05) is 32.1 Å². The topological polar surface area (TPSA) is 20.2 Å². The highest BCUT2D eigenvalue weighted by molar-refractivity contribution is 5.31. The van der Waals surface area contributed by atoms with Crippen molar-refractivity contribution in [3.05, 3.63) is 23.8 Å². The van der Waals surface area contributed by atoms with Crippen molar-refractivity contribution in [2.75, 3.05) is 0 Å². The van der Waals surface area contributed by atoms with Gasteiger partial charge in [0.2, 0.25) is 0 Å². The van der Waals surface area contributed by atoms with Gasteiger partial charge in [0.15, 0.2) is 0 Å². The third-order valence-electron chi connectivity index (χ3n) is 2.88. The molecule has 0 saturated heterocycles. The maximum atomic E-state index is 10.1. The van der Waals surface area contributed by atoms with Gasteiger partial charge in [0, 0.05) is 5.41 Å². The average molecular weight is 152 g/mol. The standard InChI is InChI=1S/C10H16O/c1-8-6-5-7-9(2,3)10(8,4)11/h5-7,11H,1-4H3. The van der Waals surface area contributed by atoms with Gasteiger partial charge in [0.05, 0.1) is 5.60 Å². The molecule has 0 bridgehead atoms. The lowest BCUT2D eigenvalue weighted by molar-refractivity contribution is 0.00785. The van der Waals surface area contributed by atoms with E-state index in [0.29, 0.717) is 0 Å². The molecule has 1 aliphatic carbocycles. The highest BCUT2D eigenvalue weighted by atomic mass is 16.3. The van der Waals surface area contributed by atoms with Crippen LogP contribution in [0.5, 0.6) is 0 Å². The predicted octanol–water partition coefficient (Wildman–Crippen LogP) is 2.28. The Bertz CT molecular complexity index is 219. The Morgan fingerprint density at radius 3 is 2.18 bits per heavy atom. The fourth-order valence-corrected chi connectivity index (χ4v) is 1.27. The molecule has 11 heavy (non-hydrogen) atoms. The maximum absolute atomic E-state index is 10.1. The van der Waals surface area contributed by atoms with Crippen molar-refractivity contribution in [3.63, 3.8) is 0 Å². The van der Waals surface area contributed by atoms with E-state index in [2.05, 4.69) is 0 Å². The summed E-state index contributed by atoms with van der Waals surface area (Å²) in [5.41, 5.74) is 0.193. The molecule has 0 radical (unpaired) electrons. The third-order valence-corrected chi connectivity index (χ3v) is 2.88. The van der Waals surface area contributed by atoms with Crippen LogP contribution >= 0.6 is 0 Å². The summed E-state index contributed by atoms with van der Waals surface area (Å²) in [7, 11) is 0. The van der Waals surface area contributed by atoms with Crippen molar-refractivity contribution in [1.82, 2.24) is 0 Å². The van der Waals surface area contributed by atoms with Crippen LogP contribution in [0.2, 0.25) is 0 Å². The van der Waals surface area contributed by atoms with E-state index >= 15 is 0 Å². The van der Waals surface area contributed by atoms with Crippen molar-refractivity contribution in [2.24, 2.45) is 5.41 Å². The average Bonchev–Trinajstić information content (AvgIpc) is 1.84. The zero-order valence-corrected chi connectivity index (χ0v) is 7.68. The normalized spacial score (nSPS) is 35.2. The fourth-order valence-electron chi connectivity index (χ4n) is 1.27. The van der Waals surface area contributed by atoms with Crippen LogP contribution < -0.4 is 0 Å². The number of allylic oxidation sites excluding steroid dienone is 2. The quantitative estimate of drug-likeness (QED) is 0.564. The first-order valence-electron chi connectivity index (χ1n) is 3.97. The van der Waals surface area contributed by atoms with Crippen molar-refractivity contribution in [2.45, 2.75) is 33.3 Å². The summed E-state index contributed by atoms with van der Waals surface area (Å²) in [5.74, 6) is 0. The van der Waals surface area contributed by atoms with Gasteiger partial charge in [-0.2, -0.15) is 0 Å². The summed E-state index contributed by atoms with van der Waals surface area (Å²) in [4.78, 5) is 0. The van der Waals surface area contributed by atoms with Crippen LogP contribution in [0.1, 0.15) is 27.7 Å². The van der Waals surface area contributed by atoms with Crippen LogP contribution in [-0.4, -0.2) is 10.7 Å². The Kier molecular flexibility index (Phi) is 1.72. The first-order chi connectivity index (χ1) is 4.88. The summed E-state index contributed by atoms with van der Waals surface area (Å²) >= 11 is 0. The van der Waals surface area contributed by atoms with Crippen molar-refractivity contribution < 1.29 is 5.11 Å². The summed E-state index contributed by atoms with van der Waals surface area (Å²) in [6, 6.07) is 0. The van der Waals surface area contributed by atoms with Gasteiger partial charge in [-0.3, -0.25) is 0 Å². The minimum absolute atomic E-state index is 0.147. The second kappa shape index (κ2) is 2.21. The Morgan fingerprint density at radius 2 is 1.82 bits per heavy atom. The van der Waals surface area contributed by atoms with Gasteiger partial charge < -0.3 is 5.11 Å². The molecule has 1 unspecified atom stereocenters. The van der Waals surface area contributed by atoms with E-state index in [-0.39, 0.29) is 5.41 Å². The molecule has 0 aromatic heterocycles. The molecule has 0 amide bonds. The van der Waals surface area contributed by atoms with Crippen LogP contribution in [0.25, 0.3) is 0 Å². The van der Waals surface area contributed by atoms with Gasteiger partial charge in [0.1, 0.15) is 0 Å². The summed E-state index contributed by atoms with van der Waals surface area (Å²) in [5, 5.41) is 10.1. The molecule has 1 rings (SSSR count). The molecular formula is C10H16O. The molecule has 1 heteroatoms. The van der Waals surface area contributed by atoms with E-state index in [1.807, 2.05) is 45.9 Å². The Balaban J connectivity index is 3.09. The van der Waals surface area contributed by atoms with Crippen LogP contribution in [0.15, 0.2) is 23.8 Å². The molecule has 1 aliphatic rings. The van der Waals surface area contributed by atoms with Gasteiger partial charge in [-0.25, -0.2) is 0 Å². The molecule has 62 valence electrons. The SMILES string of the molecule is CC1=CC=CC(C)(C)C1(C)O. The summed E-state index contributed by atoms with van der Waals surface area (Å²) < 4.78 is 0. The Morgan fingerprint density at radius 1 is 1.27 bits per heavy atom. The lowest BCUT2D eigenvalue weighted by Gasteiger charge is -2.40. The largest absolute Gasteiger partial charge is 0.385 e. The predicted molar refractivity (Wildman–Crippen MR) is 47.3 cm³/mol. The zero-order chi connectivity index (χ0) is 8.70. The van der Waals surface area contributed by atoms with E-state index < -0.39 is 5.60 Å². The molecule has 0 aromatic rings. The summed E-state index contributed by atoms with van der Waals surface area (Å²) in [6.45, 7) is 7.91. The molecule has 0 fully saturated rings. The molecular weight excluding hydrogens is 136 g/mol. The lowest BCUT2D eigenvalue weighted by atomic mass is 9.69. The minimum Gasteiger partial charge on any atom is -0.385 e. The van der Waals surface area contributed by atoms with E-state index in [1.54, 1.807) is 0 Å². The molecule has 0 spiro atoms. The molecule has 1 N–H and O–H groups in total. The van der Waals surface area contributed by atoms with Gasteiger partial charge >= 0.3 is 0 Å². The maximum Gasteiger partial charge on any atom is 0.0914 e. The number of hydrogen-bond donors (Lipinski definition) is 1. The van der Waals surface area contributed by atoms with Crippen LogP contribution in [0.3, 0.4) is 0 Å². The molecule has 0 aliphatic heterocycles.